The van der Waals surface area contributed by atoms with Crippen LogP contribution >= 0.6 is 0 Å². The van der Waals surface area contributed by atoms with Crippen LogP contribution in [0.5, 0.6) is 0 Å². The largest absolute Gasteiger partial charge is 0.393 e. The molecule has 11 atom stereocenters. The molecule has 156 valence electrons. The minimum atomic E-state index is -0.625. The van der Waals surface area contributed by atoms with E-state index >= 15 is 0 Å². The van der Waals surface area contributed by atoms with Crippen LogP contribution in [0.15, 0.2) is 0 Å². The molecule has 0 aromatic rings. The monoisotopic (exact) mass is 390 g/mol. The Bertz CT molecular complexity index is 749. The third kappa shape index (κ3) is 1.50. The standard InChI is InChI=1S/C23H34O5/c1-19-5-4-12-11-22(12,19)17(25)9-14-13(19)8-16(24)20(2)15(10-18-23(14,20)28-18)21(3)26-6-7-27-21/h12-18,24-25H,4-11H2,1-3H3/t12?,13-,14+,15-,16?,17?,18?,19+,20-,22?,23?/m0/s1. The number of ether oxygens (including phenoxy) is 3. The summed E-state index contributed by atoms with van der Waals surface area (Å²) in [6, 6.07) is 0. The fraction of sp³-hybridized carbons (Fsp3) is 1.00. The Morgan fingerprint density at radius 2 is 1.61 bits per heavy atom. The van der Waals surface area contributed by atoms with E-state index in [2.05, 4.69) is 20.8 Å². The Labute approximate surface area is 167 Å². The third-order valence-electron chi connectivity index (χ3n) is 11.6. The first kappa shape index (κ1) is 17.5. The van der Waals surface area contributed by atoms with Crippen molar-refractivity contribution in [1.82, 2.24) is 0 Å². The van der Waals surface area contributed by atoms with E-state index in [1.54, 1.807) is 0 Å². The van der Waals surface area contributed by atoms with Crippen molar-refractivity contribution in [1.29, 1.82) is 0 Å². The van der Waals surface area contributed by atoms with E-state index < -0.39 is 11.9 Å². The minimum absolute atomic E-state index is 0.129. The fourth-order valence-corrected chi connectivity index (χ4v) is 10.2. The Morgan fingerprint density at radius 1 is 0.893 bits per heavy atom. The van der Waals surface area contributed by atoms with Gasteiger partial charge < -0.3 is 24.4 Å². The Morgan fingerprint density at radius 3 is 2.32 bits per heavy atom. The number of aliphatic hydroxyl groups excluding tert-OH is 2. The van der Waals surface area contributed by atoms with Crippen LogP contribution in [0, 0.1) is 39.9 Å². The van der Waals surface area contributed by atoms with E-state index in [0.29, 0.717) is 31.0 Å². The number of hydrogen-bond donors (Lipinski definition) is 2. The maximum absolute atomic E-state index is 11.7. The average Bonchev–Trinajstić information content (AvgIpc) is 3.45. The van der Waals surface area contributed by atoms with E-state index in [0.717, 1.165) is 19.3 Å². The van der Waals surface area contributed by atoms with Crippen molar-refractivity contribution in [2.24, 2.45) is 39.9 Å². The number of fused-ring (bicyclic) bond motifs is 2. The summed E-state index contributed by atoms with van der Waals surface area (Å²) < 4.78 is 18.7. The first-order valence-corrected chi connectivity index (χ1v) is 11.6. The molecule has 2 N–H and O–H groups in total. The van der Waals surface area contributed by atoms with E-state index in [-0.39, 0.29) is 40.0 Å². The van der Waals surface area contributed by atoms with Crippen LogP contribution in [-0.2, 0) is 14.2 Å². The van der Waals surface area contributed by atoms with Gasteiger partial charge in [0.15, 0.2) is 5.79 Å². The van der Waals surface area contributed by atoms with Crippen molar-refractivity contribution in [3.8, 4) is 0 Å². The second kappa shape index (κ2) is 4.67. The summed E-state index contributed by atoms with van der Waals surface area (Å²) in [5.41, 5.74) is -0.406. The third-order valence-corrected chi connectivity index (χ3v) is 11.6. The quantitative estimate of drug-likeness (QED) is 0.673. The van der Waals surface area contributed by atoms with Crippen LogP contribution in [0.3, 0.4) is 0 Å². The molecule has 0 amide bonds. The van der Waals surface area contributed by atoms with Gasteiger partial charge in [0, 0.05) is 16.7 Å². The Hall–Kier alpha value is -0.200. The van der Waals surface area contributed by atoms with E-state index in [1.807, 2.05) is 0 Å². The van der Waals surface area contributed by atoms with Gasteiger partial charge in [-0.2, -0.15) is 0 Å². The normalized spacial score (nSPS) is 67.8. The summed E-state index contributed by atoms with van der Waals surface area (Å²) in [5.74, 6) is 1.01. The van der Waals surface area contributed by atoms with Gasteiger partial charge in [0.05, 0.1) is 31.5 Å². The van der Waals surface area contributed by atoms with E-state index in [9.17, 15) is 10.2 Å². The van der Waals surface area contributed by atoms with Gasteiger partial charge in [-0.1, -0.05) is 13.8 Å². The zero-order valence-electron chi connectivity index (χ0n) is 17.3. The molecule has 0 aromatic carbocycles. The van der Waals surface area contributed by atoms with Crippen molar-refractivity contribution in [3.63, 3.8) is 0 Å². The van der Waals surface area contributed by atoms with Gasteiger partial charge in [-0.05, 0) is 68.6 Å². The molecule has 0 radical (unpaired) electrons. The Balaban J connectivity index is 1.33. The van der Waals surface area contributed by atoms with Crippen LogP contribution in [0.1, 0.15) is 59.3 Å². The summed E-state index contributed by atoms with van der Waals surface area (Å²) in [6.45, 7) is 7.98. The van der Waals surface area contributed by atoms with E-state index in [4.69, 9.17) is 14.2 Å². The SMILES string of the molecule is CC1([C@H]2CC3OC34[C@@H]3CC(O)C56CC5CC[C@]6(C)[C@H]3CC(O)[C@]24C)OCCO1. The lowest BCUT2D eigenvalue weighted by molar-refractivity contribution is -0.263. The molecule has 7 fully saturated rings. The molecule has 5 saturated carbocycles. The molecular weight excluding hydrogens is 356 g/mol. The van der Waals surface area contributed by atoms with Gasteiger partial charge in [0.25, 0.3) is 0 Å². The molecule has 5 heteroatoms. The lowest BCUT2D eigenvalue weighted by Crippen LogP contribution is -2.66. The van der Waals surface area contributed by atoms with Crippen molar-refractivity contribution in [3.05, 3.63) is 0 Å². The summed E-state index contributed by atoms with van der Waals surface area (Å²) in [5, 5.41) is 23.0. The zero-order chi connectivity index (χ0) is 19.3. The molecule has 28 heavy (non-hydrogen) atoms. The van der Waals surface area contributed by atoms with E-state index in [1.165, 1.54) is 19.3 Å². The topological polar surface area (TPSA) is 71.5 Å². The van der Waals surface area contributed by atoms with Crippen LogP contribution in [0.25, 0.3) is 0 Å². The van der Waals surface area contributed by atoms with Gasteiger partial charge in [-0.15, -0.1) is 0 Å². The van der Waals surface area contributed by atoms with Gasteiger partial charge in [-0.25, -0.2) is 0 Å². The maximum Gasteiger partial charge on any atom is 0.169 e. The molecule has 0 bridgehead atoms. The molecule has 7 aliphatic rings. The summed E-state index contributed by atoms with van der Waals surface area (Å²) in [6.07, 6.45) is 5.79. The predicted molar refractivity (Wildman–Crippen MR) is 100 cm³/mol. The van der Waals surface area contributed by atoms with Crippen LogP contribution < -0.4 is 0 Å². The molecule has 2 aliphatic heterocycles. The highest BCUT2D eigenvalue weighted by molar-refractivity contribution is 5.35. The van der Waals surface area contributed by atoms with Crippen molar-refractivity contribution in [2.75, 3.05) is 13.2 Å². The highest BCUT2D eigenvalue weighted by Crippen LogP contribution is 2.84. The maximum atomic E-state index is 11.7. The molecule has 5 nitrogen and oxygen atoms in total. The van der Waals surface area contributed by atoms with Gasteiger partial charge in [0.1, 0.15) is 5.60 Å². The van der Waals surface area contributed by atoms with Crippen molar-refractivity contribution < 1.29 is 24.4 Å². The van der Waals surface area contributed by atoms with Crippen LogP contribution in [0.4, 0.5) is 0 Å². The molecule has 2 spiro atoms. The second-order valence-corrected chi connectivity index (χ2v) is 11.8. The fourth-order valence-electron chi connectivity index (χ4n) is 10.2. The van der Waals surface area contributed by atoms with Crippen molar-refractivity contribution >= 4 is 0 Å². The molecule has 5 aliphatic carbocycles. The lowest BCUT2D eigenvalue weighted by Gasteiger charge is -2.62. The van der Waals surface area contributed by atoms with Gasteiger partial charge in [-0.3, -0.25) is 0 Å². The van der Waals surface area contributed by atoms with Gasteiger partial charge in [0.2, 0.25) is 0 Å². The summed E-state index contributed by atoms with van der Waals surface area (Å²) >= 11 is 0. The lowest BCUT2D eigenvalue weighted by atomic mass is 9.44. The summed E-state index contributed by atoms with van der Waals surface area (Å²) in [4.78, 5) is 0. The Kier molecular flexibility index (Phi) is 2.92. The molecular formula is C23H34O5. The first-order chi connectivity index (χ1) is 13.2. The predicted octanol–water partition coefficient (Wildman–Crippen LogP) is 2.48. The smallest absolute Gasteiger partial charge is 0.169 e. The highest BCUT2D eigenvalue weighted by atomic mass is 16.7. The number of rotatable bonds is 1. The molecule has 7 rings (SSSR count). The molecule has 2 heterocycles. The van der Waals surface area contributed by atoms with Gasteiger partial charge >= 0.3 is 0 Å². The number of epoxide rings is 1. The average molecular weight is 391 g/mol. The number of aliphatic hydroxyl groups is 2. The summed E-state index contributed by atoms with van der Waals surface area (Å²) in [7, 11) is 0. The minimum Gasteiger partial charge on any atom is -0.393 e. The zero-order valence-corrected chi connectivity index (χ0v) is 17.3. The first-order valence-electron chi connectivity index (χ1n) is 11.6. The second-order valence-electron chi connectivity index (χ2n) is 11.8. The van der Waals surface area contributed by atoms with Crippen LogP contribution in [0.2, 0.25) is 0 Å². The molecule has 6 unspecified atom stereocenters. The highest BCUT2D eigenvalue weighted by Gasteiger charge is 2.87. The molecule has 2 saturated heterocycles. The number of hydrogen-bond acceptors (Lipinski definition) is 5. The molecule has 0 aromatic heterocycles. The van der Waals surface area contributed by atoms with Crippen LogP contribution in [-0.4, -0.2) is 53.1 Å². The van der Waals surface area contributed by atoms with Crippen molar-refractivity contribution in [2.45, 2.75) is 89.0 Å².